The first-order chi connectivity index (χ1) is 9.54. The maximum absolute atomic E-state index is 12.6. The van der Waals surface area contributed by atoms with E-state index < -0.39 is 12.0 Å². The SMILES string of the molecule is CCCn1cc(Cl)cc1C(=O)N1CCOCC1C(=O)O. The van der Waals surface area contributed by atoms with E-state index in [0.717, 1.165) is 6.42 Å². The number of morpholine rings is 1. The number of carboxylic acid groups (broad SMARTS) is 1. The van der Waals surface area contributed by atoms with Crippen molar-refractivity contribution in [3.63, 3.8) is 0 Å². The van der Waals surface area contributed by atoms with Crippen molar-refractivity contribution in [2.45, 2.75) is 25.9 Å². The predicted octanol–water partition coefficient (Wildman–Crippen LogP) is 1.48. The lowest BCUT2D eigenvalue weighted by atomic mass is 10.2. The third-order valence-electron chi connectivity index (χ3n) is 3.22. The van der Waals surface area contributed by atoms with Gasteiger partial charge in [0.25, 0.3) is 5.91 Å². The molecule has 6 nitrogen and oxygen atoms in total. The number of halogens is 1. The van der Waals surface area contributed by atoms with Crippen LogP contribution in [0.15, 0.2) is 12.3 Å². The Balaban J connectivity index is 2.27. The molecular formula is C13H17ClN2O4. The average molecular weight is 301 g/mol. The van der Waals surface area contributed by atoms with Crippen molar-refractivity contribution < 1.29 is 19.4 Å². The quantitative estimate of drug-likeness (QED) is 0.914. The fraction of sp³-hybridized carbons (Fsp3) is 0.538. The molecule has 1 amide bonds. The van der Waals surface area contributed by atoms with Crippen LogP contribution in [0.1, 0.15) is 23.8 Å². The maximum Gasteiger partial charge on any atom is 0.328 e. The van der Waals surface area contributed by atoms with Gasteiger partial charge >= 0.3 is 5.97 Å². The molecule has 7 heteroatoms. The number of hydrogen-bond acceptors (Lipinski definition) is 3. The van der Waals surface area contributed by atoms with Crippen LogP contribution in [0.2, 0.25) is 5.02 Å². The third-order valence-corrected chi connectivity index (χ3v) is 3.43. The van der Waals surface area contributed by atoms with Crippen LogP contribution in [0.25, 0.3) is 0 Å². The van der Waals surface area contributed by atoms with Gasteiger partial charge in [0, 0.05) is 19.3 Å². The first-order valence-electron chi connectivity index (χ1n) is 6.51. The number of carbonyl (C=O) groups is 2. The Labute approximate surface area is 121 Å². The summed E-state index contributed by atoms with van der Waals surface area (Å²) >= 11 is 5.95. The summed E-state index contributed by atoms with van der Waals surface area (Å²) < 4.78 is 6.90. The number of amides is 1. The molecule has 0 saturated carbocycles. The summed E-state index contributed by atoms with van der Waals surface area (Å²) in [5.74, 6) is -1.38. The normalized spacial score (nSPS) is 19.1. The monoisotopic (exact) mass is 300 g/mol. The fourth-order valence-corrected chi connectivity index (χ4v) is 2.50. The molecule has 1 N–H and O–H groups in total. The van der Waals surface area contributed by atoms with Crippen LogP contribution in [0, 0.1) is 0 Å². The van der Waals surface area contributed by atoms with Crippen LogP contribution in [0.4, 0.5) is 0 Å². The molecule has 0 aromatic carbocycles. The van der Waals surface area contributed by atoms with Gasteiger partial charge in [-0.2, -0.15) is 0 Å². The van der Waals surface area contributed by atoms with Gasteiger partial charge in [0.05, 0.1) is 18.2 Å². The van der Waals surface area contributed by atoms with Gasteiger partial charge in [0.2, 0.25) is 0 Å². The lowest BCUT2D eigenvalue weighted by Crippen LogP contribution is -2.52. The molecule has 1 atom stereocenters. The minimum absolute atomic E-state index is 0.0172. The molecular weight excluding hydrogens is 284 g/mol. The molecule has 1 aliphatic rings. The average Bonchev–Trinajstić information content (AvgIpc) is 2.79. The number of hydrogen-bond donors (Lipinski definition) is 1. The van der Waals surface area contributed by atoms with Gasteiger partial charge in [-0.1, -0.05) is 18.5 Å². The van der Waals surface area contributed by atoms with Gasteiger partial charge in [0.15, 0.2) is 6.04 Å². The zero-order valence-corrected chi connectivity index (χ0v) is 12.0. The number of aliphatic carboxylic acids is 1. The van der Waals surface area contributed by atoms with Crippen molar-refractivity contribution in [2.24, 2.45) is 0 Å². The molecule has 1 saturated heterocycles. The lowest BCUT2D eigenvalue weighted by molar-refractivity contribution is -0.147. The van der Waals surface area contributed by atoms with E-state index in [0.29, 0.717) is 23.9 Å². The number of nitrogens with zero attached hydrogens (tertiary/aromatic N) is 2. The molecule has 20 heavy (non-hydrogen) atoms. The fourth-order valence-electron chi connectivity index (χ4n) is 2.28. The molecule has 0 aliphatic carbocycles. The van der Waals surface area contributed by atoms with Crippen LogP contribution >= 0.6 is 11.6 Å². The van der Waals surface area contributed by atoms with Crippen molar-refractivity contribution in [1.29, 1.82) is 0 Å². The van der Waals surface area contributed by atoms with E-state index in [1.165, 1.54) is 4.90 Å². The van der Waals surface area contributed by atoms with Crippen LogP contribution < -0.4 is 0 Å². The van der Waals surface area contributed by atoms with E-state index in [-0.39, 0.29) is 19.1 Å². The van der Waals surface area contributed by atoms with Gasteiger partial charge in [-0.05, 0) is 12.5 Å². The molecule has 0 bridgehead atoms. The Morgan fingerprint density at radius 1 is 1.55 bits per heavy atom. The highest BCUT2D eigenvalue weighted by Crippen LogP contribution is 2.19. The number of carbonyl (C=O) groups excluding carboxylic acids is 1. The summed E-state index contributed by atoms with van der Waals surface area (Å²) in [6, 6.07) is 0.633. The largest absolute Gasteiger partial charge is 0.480 e. The maximum atomic E-state index is 12.6. The minimum atomic E-state index is -1.06. The molecule has 1 unspecified atom stereocenters. The number of aryl methyl sites for hydroxylation is 1. The van der Waals surface area contributed by atoms with Crippen LogP contribution in [-0.2, 0) is 16.1 Å². The first-order valence-corrected chi connectivity index (χ1v) is 6.89. The summed E-state index contributed by atoms with van der Waals surface area (Å²) in [6.07, 6.45) is 2.55. The number of aromatic nitrogens is 1. The van der Waals surface area contributed by atoms with Gasteiger partial charge in [-0.25, -0.2) is 4.79 Å². The Morgan fingerprint density at radius 3 is 2.95 bits per heavy atom. The van der Waals surface area contributed by atoms with E-state index in [9.17, 15) is 14.7 Å². The third kappa shape index (κ3) is 2.96. The molecule has 1 aromatic heterocycles. The zero-order valence-electron chi connectivity index (χ0n) is 11.2. The minimum Gasteiger partial charge on any atom is -0.480 e. The number of rotatable bonds is 4. The predicted molar refractivity (Wildman–Crippen MR) is 73.0 cm³/mol. The highest BCUT2D eigenvalue weighted by molar-refractivity contribution is 6.31. The summed E-state index contributed by atoms with van der Waals surface area (Å²) in [5.41, 5.74) is 0.421. The molecule has 0 radical (unpaired) electrons. The topological polar surface area (TPSA) is 71.8 Å². The molecule has 0 spiro atoms. The van der Waals surface area contributed by atoms with E-state index >= 15 is 0 Å². The second-order valence-electron chi connectivity index (χ2n) is 4.66. The van der Waals surface area contributed by atoms with Crippen molar-refractivity contribution in [1.82, 2.24) is 9.47 Å². The van der Waals surface area contributed by atoms with Crippen molar-refractivity contribution >= 4 is 23.5 Å². The van der Waals surface area contributed by atoms with Crippen molar-refractivity contribution in [3.05, 3.63) is 23.0 Å². The Hall–Kier alpha value is -1.53. The second kappa shape index (κ2) is 6.28. The number of carboxylic acids is 1. The Bertz CT molecular complexity index is 514. The van der Waals surface area contributed by atoms with Gasteiger partial charge in [0.1, 0.15) is 5.69 Å². The second-order valence-corrected chi connectivity index (χ2v) is 5.10. The van der Waals surface area contributed by atoms with Crippen LogP contribution in [-0.4, -0.2) is 52.3 Å². The number of ether oxygens (including phenoxy) is 1. The molecule has 1 fully saturated rings. The molecule has 2 heterocycles. The van der Waals surface area contributed by atoms with Gasteiger partial charge in [-0.3, -0.25) is 4.79 Å². The summed E-state index contributed by atoms with van der Waals surface area (Å²) in [6.45, 7) is 3.29. The van der Waals surface area contributed by atoms with E-state index in [1.54, 1.807) is 16.8 Å². The summed E-state index contributed by atoms with van der Waals surface area (Å²) in [7, 11) is 0. The van der Waals surface area contributed by atoms with Crippen molar-refractivity contribution in [2.75, 3.05) is 19.8 Å². The Kier molecular flexibility index (Phi) is 4.67. The van der Waals surface area contributed by atoms with Gasteiger partial charge < -0.3 is 19.3 Å². The molecule has 1 aromatic rings. The summed E-state index contributed by atoms with van der Waals surface area (Å²) in [5, 5.41) is 9.65. The first kappa shape index (κ1) is 14.9. The summed E-state index contributed by atoms with van der Waals surface area (Å²) in [4.78, 5) is 25.1. The zero-order chi connectivity index (χ0) is 14.7. The van der Waals surface area contributed by atoms with Gasteiger partial charge in [-0.15, -0.1) is 0 Å². The van der Waals surface area contributed by atoms with E-state index in [4.69, 9.17) is 16.3 Å². The highest BCUT2D eigenvalue weighted by atomic mass is 35.5. The Morgan fingerprint density at radius 2 is 2.30 bits per heavy atom. The standard InChI is InChI=1S/C13H17ClN2O4/c1-2-3-15-7-9(14)6-10(15)12(17)16-4-5-20-8-11(16)13(18)19/h6-7,11H,2-5,8H2,1H3,(H,18,19). The van der Waals surface area contributed by atoms with Crippen LogP contribution in [0.3, 0.4) is 0 Å². The smallest absolute Gasteiger partial charge is 0.328 e. The van der Waals surface area contributed by atoms with E-state index in [2.05, 4.69) is 0 Å². The molecule has 2 rings (SSSR count). The van der Waals surface area contributed by atoms with Crippen molar-refractivity contribution in [3.8, 4) is 0 Å². The molecule has 1 aliphatic heterocycles. The molecule has 110 valence electrons. The van der Waals surface area contributed by atoms with Crippen LogP contribution in [0.5, 0.6) is 0 Å². The van der Waals surface area contributed by atoms with E-state index in [1.807, 2.05) is 6.92 Å². The highest BCUT2D eigenvalue weighted by Gasteiger charge is 2.34. The lowest BCUT2D eigenvalue weighted by Gasteiger charge is -2.33.